The van der Waals surface area contributed by atoms with Crippen LogP contribution >= 0.6 is 24.2 Å². The number of benzene rings is 1. The summed E-state index contributed by atoms with van der Waals surface area (Å²) in [6.45, 7) is 7.15. The highest BCUT2D eigenvalue weighted by Gasteiger charge is 2.19. The van der Waals surface area contributed by atoms with Crippen molar-refractivity contribution in [2.24, 2.45) is 0 Å². The van der Waals surface area contributed by atoms with Crippen LogP contribution in [-0.2, 0) is 0 Å². The largest absolute Gasteiger partial charge is 0.493 e. The Morgan fingerprint density at radius 2 is 2.20 bits per heavy atom. The normalized spacial score (nSPS) is 17.8. The lowest BCUT2D eigenvalue weighted by atomic mass is 10.0. The number of ether oxygens (including phenoxy) is 1. The third kappa shape index (κ3) is 7.08. The molecule has 0 aromatic heterocycles. The number of rotatable bonds is 8. The number of hydrogen-bond donors (Lipinski definition) is 1. The molecule has 1 aromatic rings. The molecule has 1 heterocycles. The fourth-order valence-electron chi connectivity index (χ4n) is 2.98. The van der Waals surface area contributed by atoms with Gasteiger partial charge in [-0.15, -0.1) is 12.4 Å². The van der Waals surface area contributed by atoms with Crippen molar-refractivity contribution in [2.75, 3.05) is 31.2 Å². The van der Waals surface area contributed by atoms with Gasteiger partial charge in [0.1, 0.15) is 5.75 Å². The Labute approximate surface area is 162 Å². The van der Waals surface area contributed by atoms with Gasteiger partial charge in [0, 0.05) is 30.1 Å². The first-order valence-electron chi connectivity index (χ1n) is 9.05. The van der Waals surface area contributed by atoms with E-state index in [1.807, 2.05) is 0 Å². The standard InChI is InChI=1S/C19H30N2O2S.ClH/c1-3-4-12-23-18-14-16(20)8-9-17(18)19(22)24-13-11-21-10-6-5-7-15(21)2;/h8-9,14-15H,3-7,10-13,20H2,1-2H3;1H. The number of halogens is 1. The van der Waals surface area contributed by atoms with Crippen molar-refractivity contribution in [1.29, 1.82) is 0 Å². The number of nitrogen functional groups attached to an aromatic ring is 1. The molecule has 2 rings (SSSR count). The van der Waals surface area contributed by atoms with E-state index in [2.05, 4.69) is 18.7 Å². The Kier molecular flexibility index (Phi) is 10.3. The van der Waals surface area contributed by atoms with E-state index in [1.54, 1.807) is 18.2 Å². The average molecular weight is 387 g/mol. The van der Waals surface area contributed by atoms with E-state index in [4.69, 9.17) is 10.5 Å². The predicted molar refractivity (Wildman–Crippen MR) is 110 cm³/mol. The monoisotopic (exact) mass is 386 g/mol. The molecule has 25 heavy (non-hydrogen) atoms. The van der Waals surface area contributed by atoms with E-state index < -0.39 is 0 Å². The highest BCUT2D eigenvalue weighted by atomic mass is 35.5. The highest BCUT2D eigenvalue weighted by Crippen LogP contribution is 2.27. The first-order valence-corrected chi connectivity index (χ1v) is 10.0. The number of piperidine rings is 1. The first-order chi connectivity index (χ1) is 11.6. The minimum Gasteiger partial charge on any atom is -0.493 e. The number of carbonyl (C=O) groups excluding carboxylic acids is 1. The van der Waals surface area contributed by atoms with Crippen LogP contribution in [0.5, 0.6) is 5.75 Å². The fraction of sp³-hybridized carbons (Fsp3) is 0.632. The van der Waals surface area contributed by atoms with Crippen molar-refractivity contribution in [1.82, 2.24) is 4.90 Å². The maximum Gasteiger partial charge on any atom is 0.223 e. The Bertz CT molecular complexity index is 542. The average Bonchev–Trinajstić information content (AvgIpc) is 2.57. The summed E-state index contributed by atoms with van der Waals surface area (Å²) < 4.78 is 5.77. The Morgan fingerprint density at radius 3 is 2.92 bits per heavy atom. The van der Waals surface area contributed by atoms with Crippen molar-refractivity contribution in [3.63, 3.8) is 0 Å². The van der Waals surface area contributed by atoms with E-state index in [0.717, 1.165) is 31.7 Å². The van der Waals surface area contributed by atoms with Crippen LogP contribution in [0, 0.1) is 0 Å². The van der Waals surface area contributed by atoms with Gasteiger partial charge in [0.25, 0.3) is 0 Å². The van der Waals surface area contributed by atoms with Gasteiger partial charge in [0.15, 0.2) is 0 Å². The van der Waals surface area contributed by atoms with E-state index in [-0.39, 0.29) is 17.5 Å². The van der Waals surface area contributed by atoms with E-state index in [1.165, 1.54) is 31.0 Å². The summed E-state index contributed by atoms with van der Waals surface area (Å²) >= 11 is 1.38. The highest BCUT2D eigenvalue weighted by molar-refractivity contribution is 8.14. The number of anilines is 1. The van der Waals surface area contributed by atoms with Crippen molar-refractivity contribution in [3.8, 4) is 5.75 Å². The number of thioether (sulfide) groups is 1. The fourth-order valence-corrected chi connectivity index (χ4v) is 3.81. The molecule has 4 nitrogen and oxygen atoms in total. The van der Waals surface area contributed by atoms with Gasteiger partial charge in [0.05, 0.1) is 12.2 Å². The van der Waals surface area contributed by atoms with Crippen LogP contribution in [0.4, 0.5) is 5.69 Å². The lowest BCUT2D eigenvalue weighted by Crippen LogP contribution is -2.38. The molecule has 2 N–H and O–H groups in total. The zero-order valence-corrected chi connectivity index (χ0v) is 17.0. The van der Waals surface area contributed by atoms with Crippen LogP contribution < -0.4 is 10.5 Å². The molecule has 1 unspecified atom stereocenters. The number of nitrogens with zero attached hydrogens (tertiary/aromatic N) is 1. The summed E-state index contributed by atoms with van der Waals surface area (Å²) in [5.41, 5.74) is 7.11. The van der Waals surface area contributed by atoms with E-state index >= 15 is 0 Å². The summed E-state index contributed by atoms with van der Waals surface area (Å²) in [6.07, 6.45) is 5.91. The lowest BCUT2D eigenvalue weighted by Gasteiger charge is -2.33. The number of nitrogens with two attached hydrogens (primary N) is 1. The molecule has 0 saturated carbocycles. The van der Waals surface area contributed by atoms with Crippen LogP contribution in [0.1, 0.15) is 56.3 Å². The van der Waals surface area contributed by atoms with Crippen molar-refractivity contribution < 1.29 is 9.53 Å². The second kappa shape index (κ2) is 11.7. The van der Waals surface area contributed by atoms with Gasteiger partial charge in [-0.05, 0) is 44.9 Å². The number of hydrogen-bond acceptors (Lipinski definition) is 5. The Morgan fingerprint density at radius 1 is 1.40 bits per heavy atom. The van der Waals surface area contributed by atoms with Crippen LogP contribution in [0.15, 0.2) is 18.2 Å². The molecule has 0 amide bonds. The minimum atomic E-state index is 0. The van der Waals surface area contributed by atoms with Gasteiger partial charge in [-0.1, -0.05) is 31.5 Å². The second-order valence-electron chi connectivity index (χ2n) is 6.47. The Hall–Kier alpha value is -0.910. The van der Waals surface area contributed by atoms with Crippen LogP contribution in [0.25, 0.3) is 0 Å². The van der Waals surface area contributed by atoms with Gasteiger partial charge in [0.2, 0.25) is 5.12 Å². The third-order valence-electron chi connectivity index (χ3n) is 4.53. The molecule has 6 heteroatoms. The number of likely N-dealkylation sites (tertiary alicyclic amines) is 1. The Balaban J connectivity index is 0.00000312. The molecule has 1 atom stereocenters. The summed E-state index contributed by atoms with van der Waals surface area (Å²) in [7, 11) is 0. The maximum atomic E-state index is 12.6. The van der Waals surface area contributed by atoms with Gasteiger partial charge < -0.3 is 10.5 Å². The molecule has 1 saturated heterocycles. The van der Waals surface area contributed by atoms with Crippen molar-refractivity contribution in [3.05, 3.63) is 23.8 Å². The first kappa shape index (κ1) is 22.1. The molecule has 1 fully saturated rings. The number of carbonyl (C=O) groups is 1. The van der Waals surface area contributed by atoms with Crippen LogP contribution in [-0.4, -0.2) is 41.5 Å². The molecular formula is C19H31ClN2O2S. The molecule has 142 valence electrons. The molecule has 0 spiro atoms. The van der Waals surface area contributed by atoms with Gasteiger partial charge in [-0.2, -0.15) is 0 Å². The van der Waals surface area contributed by atoms with E-state index in [0.29, 0.717) is 29.6 Å². The lowest BCUT2D eigenvalue weighted by molar-refractivity contribution is 0.108. The molecular weight excluding hydrogens is 356 g/mol. The molecule has 1 aliphatic heterocycles. The second-order valence-corrected chi connectivity index (χ2v) is 7.54. The maximum absolute atomic E-state index is 12.6. The van der Waals surface area contributed by atoms with Crippen molar-refractivity contribution in [2.45, 2.75) is 52.0 Å². The molecule has 0 aliphatic carbocycles. The quantitative estimate of drug-likeness (QED) is 0.522. The van der Waals surface area contributed by atoms with Crippen LogP contribution in [0.3, 0.4) is 0 Å². The predicted octanol–water partition coefficient (Wildman–Crippen LogP) is 4.62. The zero-order valence-electron chi connectivity index (χ0n) is 15.3. The smallest absolute Gasteiger partial charge is 0.223 e. The van der Waals surface area contributed by atoms with Gasteiger partial charge in [-0.3, -0.25) is 9.69 Å². The minimum absolute atomic E-state index is 0. The van der Waals surface area contributed by atoms with Gasteiger partial charge in [-0.25, -0.2) is 0 Å². The SMILES string of the molecule is CCCCOc1cc(N)ccc1C(=O)SCCN1CCCCC1C.Cl. The molecule has 1 aliphatic rings. The summed E-state index contributed by atoms with van der Waals surface area (Å²) in [6, 6.07) is 5.96. The summed E-state index contributed by atoms with van der Waals surface area (Å²) in [5, 5.41) is 0.0751. The zero-order chi connectivity index (χ0) is 17.4. The summed E-state index contributed by atoms with van der Waals surface area (Å²) in [4.78, 5) is 15.0. The van der Waals surface area contributed by atoms with Crippen molar-refractivity contribution >= 4 is 35.0 Å². The number of unbranched alkanes of at least 4 members (excludes halogenated alkanes) is 1. The van der Waals surface area contributed by atoms with E-state index in [9.17, 15) is 4.79 Å². The van der Waals surface area contributed by atoms with Gasteiger partial charge >= 0.3 is 0 Å². The molecule has 0 bridgehead atoms. The van der Waals surface area contributed by atoms with Crippen LogP contribution in [0.2, 0.25) is 0 Å². The molecule has 1 aromatic carbocycles. The molecule has 0 radical (unpaired) electrons. The topological polar surface area (TPSA) is 55.6 Å². The third-order valence-corrected chi connectivity index (χ3v) is 5.40. The summed E-state index contributed by atoms with van der Waals surface area (Å²) in [5.74, 6) is 1.44.